The van der Waals surface area contributed by atoms with Crippen molar-refractivity contribution in [3.05, 3.63) is 75.3 Å². The monoisotopic (exact) mass is 570 g/mol. The van der Waals surface area contributed by atoms with E-state index in [9.17, 15) is 9.18 Å². The van der Waals surface area contributed by atoms with Crippen molar-refractivity contribution < 1.29 is 18.7 Å². The van der Waals surface area contributed by atoms with Crippen molar-refractivity contribution in [2.45, 2.75) is 52.4 Å². The Morgan fingerprint density at radius 3 is 2.69 bits per heavy atom. The summed E-state index contributed by atoms with van der Waals surface area (Å²) in [6.45, 7) is 8.33. The number of anilines is 1. The van der Waals surface area contributed by atoms with Crippen molar-refractivity contribution in [1.29, 1.82) is 0 Å². The molecular formula is C29H29Cl2FN4O3. The lowest BCUT2D eigenvalue weighted by molar-refractivity contribution is 0.0224. The molecule has 0 saturated heterocycles. The number of pyridine rings is 1. The van der Waals surface area contributed by atoms with Gasteiger partial charge in [-0.15, -0.1) is 0 Å². The van der Waals surface area contributed by atoms with E-state index in [1.165, 1.54) is 12.1 Å². The number of carbonyl (C=O) groups excluding carboxylic acids is 1. The first-order chi connectivity index (χ1) is 18.4. The van der Waals surface area contributed by atoms with Crippen LogP contribution < -0.4 is 10.5 Å². The van der Waals surface area contributed by atoms with Crippen LogP contribution in [-0.2, 0) is 17.7 Å². The Bertz CT molecular complexity index is 1580. The molecule has 39 heavy (non-hydrogen) atoms. The van der Waals surface area contributed by atoms with E-state index in [-0.39, 0.29) is 16.9 Å². The summed E-state index contributed by atoms with van der Waals surface area (Å²) in [6, 6.07) is 10.5. The molecule has 4 aromatic rings. The van der Waals surface area contributed by atoms with Crippen LogP contribution in [0.4, 0.5) is 15.0 Å². The molecule has 1 atom stereocenters. The third kappa shape index (κ3) is 5.49. The Hall–Kier alpha value is -3.49. The fourth-order valence-electron chi connectivity index (χ4n) is 4.75. The smallest absolute Gasteiger partial charge is 0.410 e. The van der Waals surface area contributed by atoms with Gasteiger partial charge in [0.15, 0.2) is 11.6 Å². The summed E-state index contributed by atoms with van der Waals surface area (Å²) in [5, 5.41) is 1.21. The first-order valence-corrected chi connectivity index (χ1v) is 13.3. The summed E-state index contributed by atoms with van der Waals surface area (Å²) in [5.41, 5.74) is 10.7. The van der Waals surface area contributed by atoms with Crippen molar-refractivity contribution >= 4 is 46.0 Å². The van der Waals surface area contributed by atoms with E-state index in [4.69, 9.17) is 38.4 Å². The van der Waals surface area contributed by atoms with Gasteiger partial charge < -0.3 is 25.1 Å². The molecule has 0 aliphatic carbocycles. The molecule has 5 rings (SSSR count). The number of aromatic amines is 1. The number of benzene rings is 2. The van der Waals surface area contributed by atoms with Crippen LogP contribution in [0.1, 0.15) is 50.6 Å². The van der Waals surface area contributed by atoms with Gasteiger partial charge in [-0.1, -0.05) is 29.3 Å². The quantitative estimate of drug-likeness (QED) is 0.245. The second kappa shape index (κ2) is 10.2. The Labute approximate surface area is 236 Å². The van der Waals surface area contributed by atoms with Gasteiger partial charge in [-0.05, 0) is 63.6 Å². The lowest BCUT2D eigenvalue weighted by Gasteiger charge is -2.30. The molecule has 0 unspecified atom stereocenters. The van der Waals surface area contributed by atoms with Crippen LogP contribution >= 0.6 is 23.2 Å². The largest absolute Gasteiger partial charge is 0.482 e. The zero-order chi connectivity index (χ0) is 28.1. The van der Waals surface area contributed by atoms with Crippen LogP contribution in [-0.4, -0.2) is 33.1 Å². The number of amides is 1. The third-order valence-electron chi connectivity index (χ3n) is 6.63. The molecule has 2 aromatic heterocycles. The normalized spacial score (nSPS) is 14.3. The highest BCUT2D eigenvalue weighted by Crippen LogP contribution is 2.38. The fraction of sp³-hybridized carbons (Fsp3) is 0.310. The second-order valence-electron chi connectivity index (χ2n) is 10.6. The number of H-pyrrole nitrogens is 1. The van der Waals surface area contributed by atoms with Gasteiger partial charge >= 0.3 is 6.09 Å². The lowest BCUT2D eigenvalue weighted by atomic mass is 10.0. The van der Waals surface area contributed by atoms with E-state index in [1.54, 1.807) is 24.1 Å². The van der Waals surface area contributed by atoms with Gasteiger partial charge in [-0.25, -0.2) is 14.2 Å². The van der Waals surface area contributed by atoms with Gasteiger partial charge in [-0.3, -0.25) is 0 Å². The number of aromatic nitrogens is 2. The van der Waals surface area contributed by atoms with Crippen molar-refractivity contribution in [2.24, 2.45) is 0 Å². The SMILES string of the molecule is C[C@@H](Oc1cc(-c2ccc3[nH]c4c(c3c2)CN(C(=O)OC(C)(C)C)CC4)cnc1N)c1c(Cl)ccc(F)c1Cl. The zero-order valence-electron chi connectivity index (χ0n) is 22.1. The number of hydrogen-bond donors (Lipinski definition) is 2. The van der Waals surface area contributed by atoms with E-state index >= 15 is 0 Å². The Kier molecular flexibility index (Phi) is 7.11. The lowest BCUT2D eigenvalue weighted by Crippen LogP contribution is -2.39. The number of nitrogens with zero attached hydrogens (tertiary/aromatic N) is 2. The number of rotatable bonds is 4. The molecule has 0 spiro atoms. The summed E-state index contributed by atoms with van der Waals surface area (Å²) in [4.78, 5) is 22.3. The van der Waals surface area contributed by atoms with Crippen molar-refractivity contribution in [1.82, 2.24) is 14.9 Å². The minimum atomic E-state index is -0.682. The van der Waals surface area contributed by atoms with E-state index < -0.39 is 17.5 Å². The van der Waals surface area contributed by atoms with Crippen LogP contribution in [0.5, 0.6) is 5.75 Å². The number of ether oxygens (including phenoxy) is 2. The molecule has 3 N–H and O–H groups in total. The maximum absolute atomic E-state index is 14.1. The summed E-state index contributed by atoms with van der Waals surface area (Å²) in [6.07, 6.45) is 1.37. The zero-order valence-corrected chi connectivity index (χ0v) is 23.6. The van der Waals surface area contributed by atoms with Crippen LogP contribution in [0, 0.1) is 5.82 Å². The Morgan fingerprint density at radius 1 is 1.18 bits per heavy atom. The summed E-state index contributed by atoms with van der Waals surface area (Å²) in [5.74, 6) is -0.0780. The van der Waals surface area contributed by atoms with Crippen molar-refractivity contribution in [3.8, 4) is 16.9 Å². The summed E-state index contributed by atoms with van der Waals surface area (Å²) in [7, 11) is 0. The molecule has 0 fully saturated rings. The molecule has 1 aliphatic heterocycles. The van der Waals surface area contributed by atoms with E-state index in [0.29, 0.717) is 35.8 Å². The predicted octanol–water partition coefficient (Wildman–Crippen LogP) is 7.69. The summed E-state index contributed by atoms with van der Waals surface area (Å²) >= 11 is 12.4. The van der Waals surface area contributed by atoms with Gasteiger partial charge in [0, 0.05) is 57.5 Å². The Morgan fingerprint density at radius 2 is 1.95 bits per heavy atom. The van der Waals surface area contributed by atoms with E-state index in [1.807, 2.05) is 32.9 Å². The fourth-order valence-corrected chi connectivity index (χ4v) is 5.43. The first kappa shape index (κ1) is 27.1. The summed E-state index contributed by atoms with van der Waals surface area (Å²) < 4.78 is 25.7. The predicted molar refractivity (Wildman–Crippen MR) is 152 cm³/mol. The minimum Gasteiger partial charge on any atom is -0.482 e. The van der Waals surface area contributed by atoms with Gasteiger partial charge in [0.1, 0.15) is 17.5 Å². The molecule has 3 heterocycles. The van der Waals surface area contributed by atoms with E-state index in [2.05, 4.69) is 16.0 Å². The van der Waals surface area contributed by atoms with Crippen LogP contribution in [0.2, 0.25) is 10.0 Å². The minimum absolute atomic E-state index is 0.0965. The molecular weight excluding hydrogens is 542 g/mol. The molecule has 7 nitrogen and oxygen atoms in total. The number of nitrogen functional groups attached to an aromatic ring is 1. The molecule has 2 aromatic carbocycles. The molecule has 0 radical (unpaired) electrons. The molecule has 1 aliphatic rings. The van der Waals surface area contributed by atoms with Gasteiger partial charge in [-0.2, -0.15) is 0 Å². The van der Waals surface area contributed by atoms with Gasteiger partial charge in [0.05, 0.1) is 11.6 Å². The molecule has 204 valence electrons. The van der Waals surface area contributed by atoms with Gasteiger partial charge in [0.25, 0.3) is 0 Å². The molecule has 0 bridgehead atoms. The number of fused-ring (bicyclic) bond motifs is 3. The molecule has 1 amide bonds. The number of hydrogen-bond acceptors (Lipinski definition) is 5. The number of carbonyl (C=O) groups is 1. The van der Waals surface area contributed by atoms with Crippen LogP contribution in [0.15, 0.2) is 42.6 Å². The van der Waals surface area contributed by atoms with Crippen molar-refractivity contribution in [2.75, 3.05) is 12.3 Å². The standard InChI is InChI=1S/C29H29Cl2FN4O3/c1-15(25-20(30)6-7-21(32)26(25)31)38-24-12-17(13-34-27(24)33)16-5-8-22-18(11-16)19-14-36(10-9-23(19)35-22)28(37)39-29(2,3)4/h5-8,11-13,15,35H,9-10,14H2,1-4H3,(H2,33,34)/t15-/m1/s1. The van der Waals surface area contributed by atoms with Gasteiger partial charge in [0.2, 0.25) is 0 Å². The highest BCUT2D eigenvalue weighted by Gasteiger charge is 2.28. The maximum Gasteiger partial charge on any atom is 0.410 e. The van der Waals surface area contributed by atoms with Crippen LogP contribution in [0.25, 0.3) is 22.0 Å². The average Bonchev–Trinajstić information content (AvgIpc) is 3.24. The topological polar surface area (TPSA) is 93.5 Å². The average molecular weight is 571 g/mol. The molecule has 0 saturated carbocycles. The highest BCUT2D eigenvalue weighted by molar-refractivity contribution is 6.36. The van der Waals surface area contributed by atoms with Crippen LogP contribution in [0.3, 0.4) is 0 Å². The van der Waals surface area contributed by atoms with Crippen molar-refractivity contribution in [3.63, 3.8) is 0 Å². The Balaban J connectivity index is 1.44. The molecule has 10 heteroatoms. The van der Waals surface area contributed by atoms with E-state index in [0.717, 1.165) is 33.3 Å². The highest BCUT2D eigenvalue weighted by atomic mass is 35.5. The number of nitrogens with two attached hydrogens (primary N) is 1. The maximum atomic E-state index is 14.1. The second-order valence-corrected chi connectivity index (χ2v) is 11.4. The number of halogens is 3. The first-order valence-electron chi connectivity index (χ1n) is 12.6. The third-order valence-corrected chi connectivity index (χ3v) is 7.35. The number of nitrogens with one attached hydrogen (secondary N) is 1.